The Labute approximate surface area is 213 Å². The summed E-state index contributed by atoms with van der Waals surface area (Å²) in [5.41, 5.74) is 4.35. The van der Waals surface area contributed by atoms with Gasteiger partial charge in [-0.1, -0.05) is 85.4 Å². The number of anilines is 1. The number of amidine groups is 1. The highest BCUT2D eigenvalue weighted by Crippen LogP contribution is 2.38. The van der Waals surface area contributed by atoms with Crippen LogP contribution in [-0.2, 0) is 16.0 Å². The fourth-order valence-corrected chi connectivity index (χ4v) is 5.33. The second-order valence-corrected chi connectivity index (χ2v) is 9.81. The molecule has 2 atom stereocenters. The van der Waals surface area contributed by atoms with E-state index in [0.717, 1.165) is 23.3 Å². The minimum absolute atomic E-state index is 0.0892. The standard InChI is InChI=1S/C28H25FN4O2S/c1-2-18-12-14-20(15-13-18)24-16-23(19-8-4-3-5-9-19)32-33(24)28-31-27(35)25(36-28)17-26(34)30-22-11-7-6-10-21(22)29/h3-15,24-25H,2,16-17H2,1H3,(H,30,34)/t24-,25-/m0/s1. The highest BCUT2D eigenvalue weighted by molar-refractivity contribution is 8.15. The van der Waals surface area contributed by atoms with Gasteiger partial charge in [0.05, 0.1) is 17.4 Å². The van der Waals surface area contributed by atoms with Gasteiger partial charge in [-0.3, -0.25) is 9.59 Å². The first-order valence-electron chi connectivity index (χ1n) is 11.9. The number of hydrogen-bond acceptors (Lipinski definition) is 5. The highest BCUT2D eigenvalue weighted by atomic mass is 32.2. The van der Waals surface area contributed by atoms with Crippen molar-refractivity contribution in [2.45, 2.75) is 37.5 Å². The summed E-state index contributed by atoms with van der Waals surface area (Å²) in [4.78, 5) is 29.6. The lowest BCUT2D eigenvalue weighted by Crippen LogP contribution is -2.25. The fourth-order valence-electron chi connectivity index (χ4n) is 4.26. The van der Waals surface area contributed by atoms with Crippen LogP contribution < -0.4 is 5.32 Å². The van der Waals surface area contributed by atoms with Crippen molar-refractivity contribution in [1.82, 2.24) is 5.01 Å². The summed E-state index contributed by atoms with van der Waals surface area (Å²) in [6, 6.07) is 24.2. The molecule has 0 saturated carbocycles. The Kier molecular flexibility index (Phi) is 6.95. The Bertz CT molecular complexity index is 1340. The van der Waals surface area contributed by atoms with Gasteiger partial charge in [-0.2, -0.15) is 10.1 Å². The molecule has 0 fully saturated rings. The topological polar surface area (TPSA) is 74.1 Å². The molecule has 0 aromatic heterocycles. The second kappa shape index (κ2) is 10.5. The third kappa shape index (κ3) is 5.09. The zero-order chi connectivity index (χ0) is 25.1. The minimum Gasteiger partial charge on any atom is -0.324 e. The zero-order valence-corrected chi connectivity index (χ0v) is 20.5. The Balaban J connectivity index is 1.35. The van der Waals surface area contributed by atoms with E-state index >= 15 is 0 Å². The van der Waals surface area contributed by atoms with Crippen molar-refractivity contribution in [2.75, 3.05) is 5.32 Å². The van der Waals surface area contributed by atoms with Crippen molar-refractivity contribution >= 4 is 40.1 Å². The molecule has 5 rings (SSSR count). The monoisotopic (exact) mass is 500 g/mol. The molecule has 0 unspecified atom stereocenters. The number of thioether (sulfide) groups is 1. The van der Waals surface area contributed by atoms with Crippen LogP contribution in [0.2, 0.25) is 0 Å². The lowest BCUT2D eigenvalue weighted by Gasteiger charge is -2.23. The van der Waals surface area contributed by atoms with E-state index in [2.05, 4.69) is 41.5 Å². The third-order valence-corrected chi connectivity index (χ3v) is 7.38. The first-order chi connectivity index (χ1) is 17.5. The van der Waals surface area contributed by atoms with Crippen molar-refractivity contribution in [2.24, 2.45) is 10.1 Å². The summed E-state index contributed by atoms with van der Waals surface area (Å²) in [6.07, 6.45) is 1.51. The van der Waals surface area contributed by atoms with E-state index in [-0.39, 0.29) is 24.1 Å². The normalized spacial score (nSPS) is 19.3. The van der Waals surface area contributed by atoms with Crippen LogP contribution in [-0.4, -0.2) is 33.0 Å². The summed E-state index contributed by atoms with van der Waals surface area (Å²) in [7, 11) is 0. The van der Waals surface area contributed by atoms with E-state index in [1.54, 1.807) is 17.1 Å². The molecule has 3 aromatic carbocycles. The van der Waals surface area contributed by atoms with Gasteiger partial charge in [0.2, 0.25) is 5.91 Å². The first kappa shape index (κ1) is 23.9. The van der Waals surface area contributed by atoms with Gasteiger partial charge in [0.15, 0.2) is 5.17 Å². The summed E-state index contributed by atoms with van der Waals surface area (Å²) in [5.74, 6) is -1.35. The predicted octanol–water partition coefficient (Wildman–Crippen LogP) is 5.57. The van der Waals surface area contributed by atoms with Crippen LogP contribution in [0.5, 0.6) is 0 Å². The van der Waals surface area contributed by atoms with Crippen LogP contribution in [0.1, 0.15) is 42.5 Å². The number of carbonyl (C=O) groups excluding carboxylic acids is 2. The average molecular weight is 501 g/mol. The quantitative estimate of drug-likeness (QED) is 0.481. The van der Waals surface area contributed by atoms with Crippen molar-refractivity contribution in [3.63, 3.8) is 0 Å². The van der Waals surface area contributed by atoms with Crippen LogP contribution in [0.15, 0.2) is 89.0 Å². The highest BCUT2D eigenvalue weighted by Gasteiger charge is 2.39. The maximum atomic E-state index is 13.9. The number of carbonyl (C=O) groups is 2. The van der Waals surface area contributed by atoms with Gasteiger partial charge < -0.3 is 5.32 Å². The molecule has 1 N–H and O–H groups in total. The molecule has 2 aliphatic rings. The number of amides is 2. The van der Waals surface area contributed by atoms with E-state index in [9.17, 15) is 14.0 Å². The van der Waals surface area contributed by atoms with Crippen molar-refractivity contribution in [3.8, 4) is 0 Å². The fraction of sp³-hybridized carbons (Fsp3) is 0.214. The van der Waals surface area contributed by atoms with Crippen molar-refractivity contribution in [3.05, 3.63) is 101 Å². The van der Waals surface area contributed by atoms with Crippen LogP contribution in [0.3, 0.4) is 0 Å². The zero-order valence-electron chi connectivity index (χ0n) is 19.7. The van der Waals surface area contributed by atoms with Gasteiger partial charge in [0, 0.05) is 12.8 Å². The molecule has 2 heterocycles. The number of aliphatic imine (C=N–C) groups is 1. The number of hydrogen-bond donors (Lipinski definition) is 1. The number of aryl methyl sites for hydroxylation is 1. The van der Waals surface area contributed by atoms with Crippen LogP contribution in [0.25, 0.3) is 0 Å². The molecule has 6 nitrogen and oxygen atoms in total. The van der Waals surface area contributed by atoms with Crippen LogP contribution in [0.4, 0.5) is 10.1 Å². The molecule has 0 radical (unpaired) electrons. The molecule has 3 aromatic rings. The Hall–Kier alpha value is -3.78. The minimum atomic E-state index is -0.689. The number of rotatable bonds is 6. The molecule has 0 saturated heterocycles. The van der Waals surface area contributed by atoms with E-state index in [1.165, 1.54) is 29.5 Å². The van der Waals surface area contributed by atoms with Gasteiger partial charge in [-0.25, -0.2) is 9.40 Å². The van der Waals surface area contributed by atoms with Gasteiger partial charge >= 0.3 is 0 Å². The van der Waals surface area contributed by atoms with Gasteiger partial charge in [0.25, 0.3) is 5.91 Å². The molecule has 2 amide bonds. The Morgan fingerprint density at radius 1 is 1.06 bits per heavy atom. The number of nitrogens with one attached hydrogen (secondary N) is 1. The van der Waals surface area contributed by atoms with E-state index in [4.69, 9.17) is 5.10 Å². The number of benzene rings is 3. The predicted molar refractivity (Wildman–Crippen MR) is 141 cm³/mol. The number of halogens is 1. The molecule has 8 heteroatoms. The summed E-state index contributed by atoms with van der Waals surface area (Å²) in [6.45, 7) is 2.12. The second-order valence-electron chi connectivity index (χ2n) is 8.64. The lowest BCUT2D eigenvalue weighted by molar-refractivity contribution is -0.121. The van der Waals surface area contributed by atoms with Gasteiger partial charge in [-0.15, -0.1) is 0 Å². The summed E-state index contributed by atoms with van der Waals surface area (Å²) in [5, 5.41) is 9.00. The number of para-hydroxylation sites is 1. The molecule has 0 bridgehead atoms. The smallest absolute Gasteiger partial charge is 0.262 e. The lowest BCUT2D eigenvalue weighted by atomic mass is 9.97. The maximum absolute atomic E-state index is 13.9. The Morgan fingerprint density at radius 2 is 1.78 bits per heavy atom. The van der Waals surface area contributed by atoms with Crippen molar-refractivity contribution in [1.29, 1.82) is 0 Å². The number of nitrogens with zero attached hydrogens (tertiary/aromatic N) is 3. The van der Waals surface area contributed by atoms with Crippen LogP contribution in [0, 0.1) is 5.82 Å². The Morgan fingerprint density at radius 3 is 2.50 bits per heavy atom. The molecule has 0 spiro atoms. The maximum Gasteiger partial charge on any atom is 0.262 e. The SMILES string of the molecule is CCc1ccc([C@@H]2CC(c3ccccc3)=NN2C2=NC(=O)[C@H](CC(=O)Nc3ccccc3F)S2)cc1. The molecular formula is C28H25FN4O2S. The molecule has 2 aliphatic heterocycles. The summed E-state index contributed by atoms with van der Waals surface area (Å²) >= 11 is 1.23. The largest absolute Gasteiger partial charge is 0.324 e. The first-order valence-corrected chi connectivity index (χ1v) is 12.7. The van der Waals surface area contributed by atoms with E-state index in [1.807, 2.05) is 30.3 Å². The summed E-state index contributed by atoms with van der Waals surface area (Å²) < 4.78 is 13.9. The molecule has 36 heavy (non-hydrogen) atoms. The molecular weight excluding hydrogens is 475 g/mol. The molecule has 0 aliphatic carbocycles. The van der Waals surface area contributed by atoms with E-state index in [0.29, 0.717) is 11.6 Å². The third-order valence-electron chi connectivity index (χ3n) is 6.23. The van der Waals surface area contributed by atoms with Crippen LogP contribution >= 0.6 is 11.8 Å². The molecule has 182 valence electrons. The van der Waals surface area contributed by atoms with Crippen molar-refractivity contribution < 1.29 is 14.0 Å². The van der Waals surface area contributed by atoms with Gasteiger partial charge in [-0.05, 0) is 35.2 Å². The number of hydrazone groups is 1. The van der Waals surface area contributed by atoms with E-state index < -0.39 is 17.0 Å². The van der Waals surface area contributed by atoms with Gasteiger partial charge in [0.1, 0.15) is 11.1 Å². The average Bonchev–Trinajstić information content (AvgIpc) is 3.50.